The number of nitrogens with zero attached hydrogens (tertiary/aromatic N) is 2. The van der Waals surface area contributed by atoms with Crippen molar-refractivity contribution in [1.82, 2.24) is 9.55 Å². The summed E-state index contributed by atoms with van der Waals surface area (Å²) >= 11 is 7.63. The molecule has 2 aromatic carbocycles. The summed E-state index contributed by atoms with van der Waals surface area (Å²) in [5, 5.41) is 0.766. The molecule has 2 nitrogen and oxygen atoms in total. The number of allylic oxidation sites excluding steroid dienone is 1. The quantitative estimate of drug-likeness (QED) is 0.624. The predicted molar refractivity (Wildman–Crippen MR) is 93.3 cm³/mol. The van der Waals surface area contributed by atoms with E-state index in [1.54, 1.807) is 18.0 Å². The lowest BCUT2D eigenvalue weighted by Crippen LogP contribution is -1.89. The molecular formula is C18H15ClN2S. The van der Waals surface area contributed by atoms with E-state index in [1.807, 2.05) is 41.4 Å². The van der Waals surface area contributed by atoms with Crippen molar-refractivity contribution in [3.63, 3.8) is 0 Å². The third-order valence-corrected chi connectivity index (χ3v) is 4.38. The summed E-state index contributed by atoms with van der Waals surface area (Å²) in [6.07, 6.45) is 9.81. The molecule has 22 heavy (non-hydrogen) atoms. The SMILES string of the molecule is Clc1ccc(Sc2ccc(C=CCn3ccnc3)cc2)cc1. The summed E-state index contributed by atoms with van der Waals surface area (Å²) in [4.78, 5) is 6.43. The first-order valence-corrected chi connectivity index (χ1v) is 8.15. The van der Waals surface area contributed by atoms with Gasteiger partial charge in [0.15, 0.2) is 0 Å². The Morgan fingerprint density at radius 3 is 2.32 bits per heavy atom. The van der Waals surface area contributed by atoms with Gasteiger partial charge in [0.1, 0.15) is 0 Å². The summed E-state index contributed by atoms with van der Waals surface area (Å²) in [5.41, 5.74) is 1.19. The van der Waals surface area contributed by atoms with E-state index in [2.05, 4.69) is 41.4 Å². The van der Waals surface area contributed by atoms with E-state index in [4.69, 9.17) is 11.6 Å². The minimum atomic E-state index is 0.766. The molecule has 0 aliphatic rings. The Balaban J connectivity index is 1.60. The van der Waals surface area contributed by atoms with Gasteiger partial charge < -0.3 is 4.57 Å². The summed E-state index contributed by atoms with van der Waals surface area (Å²) < 4.78 is 2.03. The number of halogens is 1. The van der Waals surface area contributed by atoms with Crippen LogP contribution >= 0.6 is 23.4 Å². The van der Waals surface area contributed by atoms with Gasteiger partial charge >= 0.3 is 0 Å². The minimum Gasteiger partial charge on any atom is -0.334 e. The molecule has 0 atom stereocenters. The molecule has 0 amide bonds. The van der Waals surface area contributed by atoms with Crippen LogP contribution < -0.4 is 0 Å². The van der Waals surface area contributed by atoms with Gasteiger partial charge in [0, 0.05) is 33.8 Å². The lowest BCUT2D eigenvalue weighted by molar-refractivity contribution is 0.823. The van der Waals surface area contributed by atoms with E-state index < -0.39 is 0 Å². The molecule has 0 unspecified atom stereocenters. The molecular weight excluding hydrogens is 312 g/mol. The second-order valence-corrected chi connectivity index (χ2v) is 6.37. The van der Waals surface area contributed by atoms with Crippen LogP contribution in [-0.2, 0) is 6.54 Å². The average molecular weight is 327 g/mol. The highest BCUT2D eigenvalue weighted by molar-refractivity contribution is 7.99. The highest BCUT2D eigenvalue weighted by Crippen LogP contribution is 2.28. The van der Waals surface area contributed by atoms with Crippen molar-refractivity contribution in [2.45, 2.75) is 16.3 Å². The highest BCUT2D eigenvalue weighted by atomic mass is 35.5. The van der Waals surface area contributed by atoms with E-state index in [9.17, 15) is 0 Å². The maximum atomic E-state index is 5.90. The third-order valence-electron chi connectivity index (χ3n) is 3.12. The average Bonchev–Trinajstić information content (AvgIpc) is 3.05. The van der Waals surface area contributed by atoms with Crippen LogP contribution in [0.1, 0.15) is 5.56 Å². The van der Waals surface area contributed by atoms with Gasteiger partial charge in [-0.15, -0.1) is 0 Å². The van der Waals surface area contributed by atoms with Crippen molar-refractivity contribution < 1.29 is 0 Å². The number of hydrogen-bond acceptors (Lipinski definition) is 2. The van der Waals surface area contributed by atoms with Gasteiger partial charge in [0.05, 0.1) is 6.33 Å². The fourth-order valence-electron chi connectivity index (χ4n) is 1.99. The maximum absolute atomic E-state index is 5.90. The predicted octanol–water partition coefficient (Wildman–Crippen LogP) is 5.40. The summed E-state index contributed by atoms with van der Waals surface area (Å²) in [6, 6.07) is 16.4. The molecule has 4 heteroatoms. The number of imidazole rings is 1. The topological polar surface area (TPSA) is 17.8 Å². The third kappa shape index (κ3) is 4.26. The zero-order chi connectivity index (χ0) is 15.2. The van der Waals surface area contributed by atoms with Crippen LogP contribution in [0.3, 0.4) is 0 Å². The second-order valence-electron chi connectivity index (χ2n) is 4.79. The minimum absolute atomic E-state index is 0.766. The zero-order valence-electron chi connectivity index (χ0n) is 11.9. The smallest absolute Gasteiger partial charge is 0.0948 e. The van der Waals surface area contributed by atoms with Crippen LogP contribution in [0.25, 0.3) is 6.08 Å². The number of benzene rings is 2. The zero-order valence-corrected chi connectivity index (χ0v) is 13.5. The Labute approximate surface area is 139 Å². The molecule has 0 bridgehead atoms. The highest BCUT2D eigenvalue weighted by Gasteiger charge is 1.97. The molecule has 1 aromatic heterocycles. The molecule has 0 saturated heterocycles. The molecule has 0 fully saturated rings. The summed E-state index contributed by atoms with van der Waals surface area (Å²) in [6.45, 7) is 0.835. The monoisotopic (exact) mass is 326 g/mol. The number of hydrogen-bond donors (Lipinski definition) is 0. The van der Waals surface area contributed by atoms with Gasteiger partial charge in [0.25, 0.3) is 0 Å². The number of aromatic nitrogens is 2. The molecule has 110 valence electrons. The Morgan fingerprint density at radius 1 is 1.00 bits per heavy atom. The van der Waals surface area contributed by atoms with Crippen LogP contribution in [0.2, 0.25) is 5.02 Å². The van der Waals surface area contributed by atoms with E-state index in [-0.39, 0.29) is 0 Å². The van der Waals surface area contributed by atoms with Crippen LogP contribution in [0.4, 0.5) is 0 Å². The molecule has 0 aliphatic heterocycles. The Hall–Kier alpha value is -1.97. The Bertz CT molecular complexity index is 732. The maximum Gasteiger partial charge on any atom is 0.0948 e. The van der Waals surface area contributed by atoms with Crippen LogP contribution in [0.15, 0.2) is 83.1 Å². The first-order valence-electron chi connectivity index (χ1n) is 6.95. The number of rotatable bonds is 5. The molecule has 1 heterocycles. The standard InChI is InChI=1S/C18H15ClN2S/c19-16-5-9-18(10-6-16)22-17-7-3-15(4-8-17)2-1-12-21-13-11-20-14-21/h1-11,13-14H,12H2. The summed E-state index contributed by atoms with van der Waals surface area (Å²) in [5.74, 6) is 0. The largest absolute Gasteiger partial charge is 0.334 e. The van der Waals surface area contributed by atoms with E-state index in [0.29, 0.717) is 0 Å². The lowest BCUT2D eigenvalue weighted by atomic mass is 10.2. The second kappa shape index (κ2) is 7.34. The van der Waals surface area contributed by atoms with Crippen molar-refractivity contribution in [2.24, 2.45) is 0 Å². The first-order chi connectivity index (χ1) is 10.8. The van der Waals surface area contributed by atoms with Crippen LogP contribution in [0.5, 0.6) is 0 Å². The molecule has 0 spiro atoms. The van der Waals surface area contributed by atoms with E-state index >= 15 is 0 Å². The fourth-order valence-corrected chi connectivity index (χ4v) is 2.93. The van der Waals surface area contributed by atoms with Crippen LogP contribution in [-0.4, -0.2) is 9.55 Å². The van der Waals surface area contributed by atoms with Gasteiger partial charge in [-0.3, -0.25) is 0 Å². The van der Waals surface area contributed by atoms with Gasteiger partial charge in [0.2, 0.25) is 0 Å². The van der Waals surface area contributed by atoms with Gasteiger partial charge in [-0.05, 0) is 42.0 Å². The van der Waals surface area contributed by atoms with E-state index in [1.165, 1.54) is 15.4 Å². The normalized spacial score (nSPS) is 11.1. The van der Waals surface area contributed by atoms with Crippen molar-refractivity contribution in [2.75, 3.05) is 0 Å². The van der Waals surface area contributed by atoms with Gasteiger partial charge in [-0.25, -0.2) is 4.98 Å². The van der Waals surface area contributed by atoms with E-state index in [0.717, 1.165) is 11.6 Å². The first kappa shape index (κ1) is 14.9. The van der Waals surface area contributed by atoms with Crippen molar-refractivity contribution in [1.29, 1.82) is 0 Å². The summed E-state index contributed by atoms with van der Waals surface area (Å²) in [7, 11) is 0. The molecule has 3 rings (SSSR count). The van der Waals surface area contributed by atoms with Crippen LogP contribution in [0, 0.1) is 0 Å². The lowest BCUT2D eigenvalue weighted by Gasteiger charge is -2.02. The molecule has 0 N–H and O–H groups in total. The fraction of sp³-hybridized carbons (Fsp3) is 0.0556. The molecule has 0 radical (unpaired) electrons. The molecule has 0 saturated carbocycles. The van der Waals surface area contributed by atoms with Crippen molar-refractivity contribution in [3.05, 3.63) is 83.9 Å². The molecule has 3 aromatic rings. The van der Waals surface area contributed by atoms with Crippen molar-refractivity contribution in [3.8, 4) is 0 Å². The Morgan fingerprint density at radius 2 is 1.68 bits per heavy atom. The van der Waals surface area contributed by atoms with Gasteiger partial charge in [-0.2, -0.15) is 0 Å². The van der Waals surface area contributed by atoms with Crippen molar-refractivity contribution >= 4 is 29.4 Å². The molecule has 0 aliphatic carbocycles. The Kier molecular flexibility index (Phi) is 4.99. The van der Waals surface area contributed by atoms with Gasteiger partial charge in [-0.1, -0.05) is 47.6 Å².